The highest BCUT2D eigenvalue weighted by Crippen LogP contribution is 2.40. The molecule has 0 spiro atoms. The lowest BCUT2D eigenvalue weighted by atomic mass is 10.0. The van der Waals surface area contributed by atoms with Gasteiger partial charge in [-0.1, -0.05) is 36.4 Å². The van der Waals surface area contributed by atoms with E-state index in [0.29, 0.717) is 41.9 Å². The van der Waals surface area contributed by atoms with E-state index in [1.807, 2.05) is 0 Å². The van der Waals surface area contributed by atoms with Gasteiger partial charge in [0, 0.05) is 42.9 Å². The molecule has 0 saturated heterocycles. The van der Waals surface area contributed by atoms with Gasteiger partial charge in [-0.05, 0) is 42.2 Å². The van der Waals surface area contributed by atoms with Crippen LogP contribution in [-0.4, -0.2) is 44.7 Å². The molecule has 6 nitrogen and oxygen atoms in total. The van der Waals surface area contributed by atoms with Crippen LogP contribution in [0.3, 0.4) is 0 Å². The number of amides is 1. The largest absolute Gasteiger partial charge is 0.493 e. The number of ether oxygens (including phenoxy) is 3. The summed E-state index contributed by atoms with van der Waals surface area (Å²) in [5, 5.41) is 5.47. The summed E-state index contributed by atoms with van der Waals surface area (Å²) in [4.78, 5) is 15.3. The predicted octanol–water partition coefficient (Wildman–Crippen LogP) is 5.42. The standard InChI is InChI=1S/C27H32N2O4/c1-18(20-10-9-19-7-5-6-8-21(19)15-20)29(23-11-12-23)14-13-26(30)28-22-16-24(31-2)27(33-4)25(17-22)32-3/h5-10,15-18,23H,11-14H2,1-4H3,(H,28,30). The second-order valence-corrected chi connectivity index (χ2v) is 8.46. The second kappa shape index (κ2) is 10.1. The maximum Gasteiger partial charge on any atom is 0.225 e. The lowest BCUT2D eigenvalue weighted by molar-refractivity contribution is -0.116. The summed E-state index contributed by atoms with van der Waals surface area (Å²) in [6, 6.07) is 19.4. The first kappa shape index (κ1) is 22.9. The molecule has 1 amide bonds. The summed E-state index contributed by atoms with van der Waals surface area (Å²) >= 11 is 0. The zero-order valence-electron chi connectivity index (χ0n) is 19.8. The van der Waals surface area contributed by atoms with Gasteiger partial charge in [-0.25, -0.2) is 0 Å². The molecule has 0 aliphatic heterocycles. The van der Waals surface area contributed by atoms with E-state index < -0.39 is 0 Å². The molecule has 3 aromatic rings. The van der Waals surface area contributed by atoms with Gasteiger partial charge in [0.1, 0.15) is 0 Å². The van der Waals surface area contributed by atoms with E-state index in [0.717, 1.165) is 0 Å². The molecule has 1 aliphatic rings. The number of carbonyl (C=O) groups excluding carboxylic acids is 1. The van der Waals surface area contributed by atoms with E-state index >= 15 is 0 Å². The molecular formula is C27H32N2O4. The fourth-order valence-electron chi connectivity index (χ4n) is 4.37. The molecule has 1 aliphatic carbocycles. The van der Waals surface area contributed by atoms with E-state index in [-0.39, 0.29) is 11.9 Å². The number of benzene rings is 3. The van der Waals surface area contributed by atoms with Gasteiger partial charge in [0.2, 0.25) is 11.7 Å². The van der Waals surface area contributed by atoms with Crippen molar-refractivity contribution < 1.29 is 19.0 Å². The van der Waals surface area contributed by atoms with Crippen molar-refractivity contribution in [3.8, 4) is 17.2 Å². The van der Waals surface area contributed by atoms with Gasteiger partial charge < -0.3 is 19.5 Å². The van der Waals surface area contributed by atoms with Crippen LogP contribution in [0.25, 0.3) is 10.8 Å². The Morgan fingerprint density at radius 2 is 1.64 bits per heavy atom. The zero-order chi connectivity index (χ0) is 23.4. The van der Waals surface area contributed by atoms with Crippen LogP contribution in [0.4, 0.5) is 5.69 Å². The van der Waals surface area contributed by atoms with Crippen molar-refractivity contribution in [2.75, 3.05) is 33.2 Å². The molecule has 0 radical (unpaired) electrons. The number of hydrogen-bond donors (Lipinski definition) is 1. The van der Waals surface area contributed by atoms with Crippen LogP contribution in [0.15, 0.2) is 54.6 Å². The van der Waals surface area contributed by atoms with Crippen molar-refractivity contribution in [3.05, 3.63) is 60.2 Å². The fraction of sp³-hybridized carbons (Fsp3) is 0.370. The maximum atomic E-state index is 12.8. The Morgan fingerprint density at radius 3 is 2.24 bits per heavy atom. The number of methoxy groups -OCH3 is 3. The number of nitrogens with one attached hydrogen (secondary N) is 1. The highest BCUT2D eigenvalue weighted by molar-refractivity contribution is 5.91. The number of fused-ring (bicyclic) bond motifs is 1. The third kappa shape index (κ3) is 5.22. The summed E-state index contributed by atoms with van der Waals surface area (Å²) in [7, 11) is 4.68. The van der Waals surface area contributed by atoms with Crippen LogP contribution in [0.1, 0.15) is 37.8 Å². The number of carbonyl (C=O) groups is 1. The minimum absolute atomic E-state index is 0.0411. The van der Waals surface area contributed by atoms with Gasteiger partial charge in [0.05, 0.1) is 21.3 Å². The number of rotatable bonds is 10. The maximum absolute atomic E-state index is 12.8. The molecule has 33 heavy (non-hydrogen) atoms. The van der Waals surface area contributed by atoms with Gasteiger partial charge in [-0.15, -0.1) is 0 Å². The molecule has 6 heteroatoms. The zero-order valence-corrected chi connectivity index (χ0v) is 19.8. The molecule has 1 fully saturated rings. The van der Waals surface area contributed by atoms with Crippen molar-refractivity contribution >= 4 is 22.4 Å². The van der Waals surface area contributed by atoms with E-state index in [1.165, 1.54) is 29.2 Å². The summed E-state index contributed by atoms with van der Waals surface area (Å²) < 4.78 is 16.1. The molecule has 0 heterocycles. The van der Waals surface area contributed by atoms with E-state index in [2.05, 4.69) is 59.6 Å². The minimum Gasteiger partial charge on any atom is -0.493 e. The Hall–Kier alpha value is -3.25. The molecule has 1 atom stereocenters. The molecule has 174 valence electrons. The Morgan fingerprint density at radius 1 is 0.970 bits per heavy atom. The monoisotopic (exact) mass is 448 g/mol. The molecule has 3 aromatic carbocycles. The van der Waals surface area contributed by atoms with Gasteiger partial charge in [-0.3, -0.25) is 9.69 Å². The van der Waals surface area contributed by atoms with Crippen LogP contribution in [0.2, 0.25) is 0 Å². The summed E-state index contributed by atoms with van der Waals surface area (Å²) in [6.45, 7) is 2.94. The van der Waals surface area contributed by atoms with Gasteiger partial charge >= 0.3 is 0 Å². The third-order valence-electron chi connectivity index (χ3n) is 6.31. The second-order valence-electron chi connectivity index (χ2n) is 8.46. The van der Waals surface area contributed by atoms with Crippen molar-refractivity contribution in [1.29, 1.82) is 0 Å². The third-order valence-corrected chi connectivity index (χ3v) is 6.31. The Bertz CT molecular complexity index is 1100. The predicted molar refractivity (Wildman–Crippen MR) is 131 cm³/mol. The van der Waals surface area contributed by atoms with Crippen LogP contribution in [0.5, 0.6) is 17.2 Å². The van der Waals surface area contributed by atoms with Crippen molar-refractivity contribution in [3.63, 3.8) is 0 Å². The van der Waals surface area contributed by atoms with E-state index in [1.54, 1.807) is 33.5 Å². The molecule has 1 saturated carbocycles. The quantitative estimate of drug-likeness (QED) is 0.449. The molecule has 0 aromatic heterocycles. The van der Waals surface area contributed by atoms with E-state index in [9.17, 15) is 4.79 Å². The highest BCUT2D eigenvalue weighted by atomic mass is 16.5. The number of anilines is 1. The van der Waals surface area contributed by atoms with Crippen molar-refractivity contribution in [2.24, 2.45) is 0 Å². The van der Waals surface area contributed by atoms with Gasteiger partial charge in [0.25, 0.3) is 0 Å². The normalized spacial score (nSPS) is 14.2. The van der Waals surface area contributed by atoms with E-state index in [4.69, 9.17) is 14.2 Å². The number of nitrogens with zero attached hydrogens (tertiary/aromatic N) is 1. The first-order chi connectivity index (χ1) is 16.0. The number of hydrogen-bond acceptors (Lipinski definition) is 5. The fourth-order valence-corrected chi connectivity index (χ4v) is 4.37. The molecule has 1 N–H and O–H groups in total. The Balaban J connectivity index is 1.43. The van der Waals surface area contributed by atoms with Gasteiger partial charge in [-0.2, -0.15) is 0 Å². The minimum atomic E-state index is -0.0411. The SMILES string of the molecule is COc1cc(NC(=O)CCN(C2CC2)C(C)c2ccc3ccccc3c2)cc(OC)c1OC. The molecule has 0 bridgehead atoms. The van der Waals surface area contributed by atoms with Crippen LogP contribution < -0.4 is 19.5 Å². The molecular weight excluding hydrogens is 416 g/mol. The van der Waals surface area contributed by atoms with Crippen molar-refractivity contribution in [2.45, 2.75) is 38.3 Å². The smallest absolute Gasteiger partial charge is 0.225 e. The van der Waals surface area contributed by atoms with Crippen LogP contribution >= 0.6 is 0 Å². The average Bonchev–Trinajstić information content (AvgIpc) is 3.68. The van der Waals surface area contributed by atoms with Crippen molar-refractivity contribution in [1.82, 2.24) is 4.90 Å². The Labute approximate surface area is 195 Å². The van der Waals surface area contributed by atoms with Crippen LogP contribution in [0, 0.1) is 0 Å². The summed E-state index contributed by atoms with van der Waals surface area (Å²) in [5.74, 6) is 1.48. The lowest BCUT2D eigenvalue weighted by Gasteiger charge is -2.29. The first-order valence-corrected chi connectivity index (χ1v) is 11.4. The summed E-state index contributed by atoms with van der Waals surface area (Å²) in [5.41, 5.74) is 1.90. The molecule has 1 unspecified atom stereocenters. The first-order valence-electron chi connectivity index (χ1n) is 11.4. The topological polar surface area (TPSA) is 60.0 Å². The average molecular weight is 449 g/mol. The highest BCUT2D eigenvalue weighted by Gasteiger charge is 2.33. The summed E-state index contributed by atoms with van der Waals surface area (Å²) in [6.07, 6.45) is 2.78. The van der Waals surface area contributed by atoms with Gasteiger partial charge in [0.15, 0.2) is 11.5 Å². The Kier molecular flexibility index (Phi) is 7.04. The molecule has 4 rings (SSSR count). The van der Waals surface area contributed by atoms with Crippen LogP contribution in [-0.2, 0) is 4.79 Å². The lowest BCUT2D eigenvalue weighted by Crippen LogP contribution is -2.32.